The van der Waals surface area contributed by atoms with Crippen LogP contribution in [0.4, 0.5) is 5.82 Å². The third kappa shape index (κ3) is 3.19. The van der Waals surface area contributed by atoms with E-state index in [0.717, 1.165) is 55.6 Å². The van der Waals surface area contributed by atoms with Gasteiger partial charge in [-0.1, -0.05) is 6.07 Å². The highest BCUT2D eigenvalue weighted by Crippen LogP contribution is 2.20. The predicted octanol–water partition coefficient (Wildman–Crippen LogP) is 2.23. The molecular formula is C19H20N6. The molecule has 1 saturated heterocycles. The number of imidazole rings is 1. The summed E-state index contributed by atoms with van der Waals surface area (Å²) < 4.78 is 2.06. The number of piperazine rings is 1. The zero-order chi connectivity index (χ0) is 17.2. The SMILES string of the molecule is Cc1ccc(C#N)c(N2CCN(Cc3cn4ccccc4n3)CC2)n1. The lowest BCUT2D eigenvalue weighted by atomic mass is 10.2. The van der Waals surface area contributed by atoms with Gasteiger partial charge in [-0.05, 0) is 31.2 Å². The molecule has 0 unspecified atom stereocenters. The highest BCUT2D eigenvalue weighted by Gasteiger charge is 2.21. The smallest absolute Gasteiger partial charge is 0.146 e. The van der Waals surface area contributed by atoms with Gasteiger partial charge in [-0.25, -0.2) is 9.97 Å². The first-order valence-corrected chi connectivity index (χ1v) is 8.50. The summed E-state index contributed by atoms with van der Waals surface area (Å²) in [5, 5.41) is 9.32. The number of pyridine rings is 2. The zero-order valence-electron chi connectivity index (χ0n) is 14.3. The van der Waals surface area contributed by atoms with Crippen LogP contribution >= 0.6 is 0 Å². The number of hydrogen-bond donors (Lipinski definition) is 0. The molecule has 6 nitrogen and oxygen atoms in total. The molecule has 6 heteroatoms. The molecule has 126 valence electrons. The van der Waals surface area contributed by atoms with Gasteiger partial charge < -0.3 is 9.30 Å². The summed E-state index contributed by atoms with van der Waals surface area (Å²) in [5.41, 5.74) is 3.67. The first-order chi connectivity index (χ1) is 12.2. The Bertz CT molecular complexity index is 897. The second-order valence-corrected chi connectivity index (χ2v) is 6.40. The van der Waals surface area contributed by atoms with Gasteiger partial charge in [-0.2, -0.15) is 5.26 Å². The van der Waals surface area contributed by atoms with Crippen LogP contribution in [-0.2, 0) is 6.54 Å². The van der Waals surface area contributed by atoms with E-state index in [-0.39, 0.29) is 0 Å². The van der Waals surface area contributed by atoms with Crippen molar-refractivity contribution in [3.8, 4) is 6.07 Å². The first kappa shape index (κ1) is 15.6. The van der Waals surface area contributed by atoms with Gasteiger partial charge in [0.1, 0.15) is 17.5 Å². The van der Waals surface area contributed by atoms with E-state index < -0.39 is 0 Å². The Morgan fingerprint density at radius 2 is 1.92 bits per heavy atom. The van der Waals surface area contributed by atoms with Gasteiger partial charge in [-0.15, -0.1) is 0 Å². The average Bonchev–Trinajstić information content (AvgIpc) is 3.04. The van der Waals surface area contributed by atoms with Crippen molar-refractivity contribution in [1.29, 1.82) is 5.26 Å². The first-order valence-electron chi connectivity index (χ1n) is 8.50. The minimum Gasteiger partial charge on any atom is -0.353 e. The van der Waals surface area contributed by atoms with Crippen LogP contribution < -0.4 is 4.90 Å². The van der Waals surface area contributed by atoms with Crippen LogP contribution in [0, 0.1) is 18.3 Å². The molecule has 0 N–H and O–H groups in total. The maximum Gasteiger partial charge on any atom is 0.146 e. The van der Waals surface area contributed by atoms with Crippen molar-refractivity contribution in [2.75, 3.05) is 31.1 Å². The Labute approximate surface area is 147 Å². The Hall–Kier alpha value is -2.91. The second kappa shape index (κ2) is 6.54. The van der Waals surface area contributed by atoms with Crippen LogP contribution in [0.5, 0.6) is 0 Å². The average molecular weight is 332 g/mol. The molecule has 0 radical (unpaired) electrons. The number of aryl methyl sites for hydroxylation is 1. The van der Waals surface area contributed by atoms with E-state index >= 15 is 0 Å². The molecule has 4 rings (SSSR count). The summed E-state index contributed by atoms with van der Waals surface area (Å²) in [4.78, 5) is 13.9. The fraction of sp³-hybridized carbons (Fsp3) is 0.316. The monoisotopic (exact) mass is 332 g/mol. The maximum absolute atomic E-state index is 9.32. The van der Waals surface area contributed by atoms with E-state index in [4.69, 9.17) is 0 Å². The van der Waals surface area contributed by atoms with Crippen LogP contribution in [0.25, 0.3) is 5.65 Å². The Morgan fingerprint density at radius 1 is 1.08 bits per heavy atom. The highest BCUT2D eigenvalue weighted by molar-refractivity contribution is 5.54. The van der Waals surface area contributed by atoms with Crippen LogP contribution in [0.1, 0.15) is 17.0 Å². The van der Waals surface area contributed by atoms with Crippen molar-refractivity contribution in [1.82, 2.24) is 19.3 Å². The molecule has 1 fully saturated rings. The molecule has 0 bridgehead atoms. The molecule has 3 aromatic rings. The molecule has 0 amide bonds. The summed E-state index contributed by atoms with van der Waals surface area (Å²) in [7, 11) is 0. The highest BCUT2D eigenvalue weighted by atomic mass is 15.3. The van der Waals surface area contributed by atoms with Crippen molar-refractivity contribution in [2.45, 2.75) is 13.5 Å². The third-order valence-corrected chi connectivity index (χ3v) is 4.61. The summed E-state index contributed by atoms with van der Waals surface area (Å²) in [6.07, 6.45) is 4.12. The Balaban J connectivity index is 1.43. The van der Waals surface area contributed by atoms with E-state index in [1.165, 1.54) is 0 Å². The molecule has 3 aromatic heterocycles. The van der Waals surface area contributed by atoms with E-state index in [1.54, 1.807) is 0 Å². The summed E-state index contributed by atoms with van der Waals surface area (Å²) >= 11 is 0. The van der Waals surface area contributed by atoms with E-state index in [2.05, 4.69) is 36.4 Å². The van der Waals surface area contributed by atoms with Crippen molar-refractivity contribution in [2.24, 2.45) is 0 Å². The van der Waals surface area contributed by atoms with Crippen LogP contribution in [0.15, 0.2) is 42.7 Å². The lowest BCUT2D eigenvalue weighted by molar-refractivity contribution is 0.247. The van der Waals surface area contributed by atoms with E-state index in [1.807, 2.05) is 43.5 Å². The minimum absolute atomic E-state index is 0.652. The van der Waals surface area contributed by atoms with Gasteiger partial charge in [0.15, 0.2) is 0 Å². The lowest BCUT2D eigenvalue weighted by Crippen LogP contribution is -2.46. The number of hydrogen-bond acceptors (Lipinski definition) is 5. The topological polar surface area (TPSA) is 60.5 Å². The third-order valence-electron chi connectivity index (χ3n) is 4.61. The number of anilines is 1. The van der Waals surface area contributed by atoms with Crippen molar-refractivity contribution in [3.63, 3.8) is 0 Å². The quantitative estimate of drug-likeness (QED) is 0.736. The molecule has 1 aliphatic rings. The fourth-order valence-electron chi connectivity index (χ4n) is 3.28. The van der Waals surface area contributed by atoms with Crippen molar-refractivity contribution >= 4 is 11.5 Å². The second-order valence-electron chi connectivity index (χ2n) is 6.40. The van der Waals surface area contributed by atoms with Gasteiger partial charge in [-0.3, -0.25) is 4.90 Å². The van der Waals surface area contributed by atoms with Crippen molar-refractivity contribution in [3.05, 3.63) is 59.7 Å². The number of nitrogens with zero attached hydrogens (tertiary/aromatic N) is 6. The molecular weight excluding hydrogens is 312 g/mol. The maximum atomic E-state index is 9.32. The van der Waals surface area contributed by atoms with Crippen LogP contribution in [0.3, 0.4) is 0 Å². The Kier molecular flexibility index (Phi) is 4.08. The molecule has 0 atom stereocenters. The minimum atomic E-state index is 0.652. The number of rotatable bonds is 3. The zero-order valence-corrected chi connectivity index (χ0v) is 14.3. The summed E-state index contributed by atoms with van der Waals surface area (Å²) in [6.45, 7) is 6.44. The predicted molar refractivity (Wildman–Crippen MR) is 96.4 cm³/mol. The number of nitriles is 1. The summed E-state index contributed by atoms with van der Waals surface area (Å²) in [5.74, 6) is 0.815. The van der Waals surface area contributed by atoms with Crippen LogP contribution in [0.2, 0.25) is 0 Å². The molecule has 0 spiro atoms. The standard InChI is InChI=1S/C19H20N6/c1-15-5-6-16(12-20)19(21-15)24-10-8-23(9-11-24)13-17-14-25-7-3-2-4-18(25)22-17/h2-7,14H,8-11,13H2,1H3. The summed E-state index contributed by atoms with van der Waals surface area (Å²) in [6, 6.07) is 12.0. The van der Waals surface area contributed by atoms with E-state index in [0.29, 0.717) is 5.56 Å². The molecule has 1 aliphatic heterocycles. The van der Waals surface area contributed by atoms with Crippen molar-refractivity contribution < 1.29 is 0 Å². The van der Waals surface area contributed by atoms with Gasteiger partial charge >= 0.3 is 0 Å². The lowest BCUT2D eigenvalue weighted by Gasteiger charge is -2.35. The van der Waals surface area contributed by atoms with Gasteiger partial charge in [0.25, 0.3) is 0 Å². The molecule has 4 heterocycles. The van der Waals surface area contributed by atoms with Crippen LogP contribution in [-0.4, -0.2) is 45.4 Å². The Morgan fingerprint density at radius 3 is 2.68 bits per heavy atom. The number of aromatic nitrogens is 3. The molecule has 0 aromatic carbocycles. The molecule has 25 heavy (non-hydrogen) atoms. The normalized spacial score (nSPS) is 15.4. The van der Waals surface area contributed by atoms with Gasteiger partial charge in [0, 0.05) is 50.8 Å². The fourth-order valence-corrected chi connectivity index (χ4v) is 3.28. The van der Waals surface area contributed by atoms with E-state index in [9.17, 15) is 5.26 Å². The van der Waals surface area contributed by atoms with Gasteiger partial charge in [0.05, 0.1) is 11.3 Å². The molecule has 0 aliphatic carbocycles. The molecule has 0 saturated carbocycles. The largest absolute Gasteiger partial charge is 0.353 e. The van der Waals surface area contributed by atoms with Gasteiger partial charge in [0.2, 0.25) is 0 Å². The number of fused-ring (bicyclic) bond motifs is 1.